The van der Waals surface area contributed by atoms with E-state index < -0.39 is 10.0 Å². The lowest BCUT2D eigenvalue weighted by Crippen LogP contribution is -2.39. The van der Waals surface area contributed by atoms with Gasteiger partial charge in [-0.2, -0.15) is 4.31 Å². The maximum atomic E-state index is 13.8. The molecule has 198 valence electrons. The van der Waals surface area contributed by atoms with Crippen LogP contribution in [0.15, 0.2) is 71.9 Å². The molecule has 0 bridgehead atoms. The minimum absolute atomic E-state index is 0.199. The van der Waals surface area contributed by atoms with Gasteiger partial charge in [-0.1, -0.05) is 24.3 Å². The number of aromatic nitrogens is 2. The largest absolute Gasteiger partial charge is 0.494 e. The van der Waals surface area contributed by atoms with Gasteiger partial charge in [-0.3, -0.25) is 14.7 Å². The van der Waals surface area contributed by atoms with E-state index in [1.54, 1.807) is 33.7 Å². The van der Waals surface area contributed by atoms with E-state index in [1.807, 2.05) is 37.3 Å². The third-order valence-electron chi connectivity index (χ3n) is 6.56. The van der Waals surface area contributed by atoms with Crippen molar-refractivity contribution < 1.29 is 17.9 Å². The smallest absolute Gasteiger partial charge is 0.260 e. The number of sulfonamides is 1. The molecule has 1 unspecified atom stereocenters. The second-order valence-electron chi connectivity index (χ2n) is 9.45. The Labute approximate surface area is 227 Å². The lowest BCUT2D eigenvalue weighted by atomic mass is 10.0. The van der Waals surface area contributed by atoms with E-state index in [1.165, 1.54) is 23.5 Å². The molecule has 38 heavy (non-hydrogen) atoms. The monoisotopic (exact) mass is 550 g/mol. The molecule has 0 aliphatic carbocycles. The Morgan fingerprint density at radius 3 is 2.71 bits per heavy atom. The average Bonchev–Trinajstić information content (AvgIpc) is 3.35. The van der Waals surface area contributed by atoms with Crippen LogP contribution in [-0.4, -0.2) is 48.3 Å². The van der Waals surface area contributed by atoms with E-state index in [2.05, 4.69) is 11.9 Å². The summed E-state index contributed by atoms with van der Waals surface area (Å²) in [4.78, 5) is 24.5. The Morgan fingerprint density at radius 1 is 1.18 bits per heavy atom. The molecule has 2 aromatic carbocycles. The normalized spacial score (nSPS) is 16.4. The van der Waals surface area contributed by atoms with Gasteiger partial charge in [0.05, 0.1) is 28.3 Å². The summed E-state index contributed by atoms with van der Waals surface area (Å²) in [6.07, 6.45) is 5.29. The molecule has 0 radical (unpaired) electrons. The van der Waals surface area contributed by atoms with E-state index >= 15 is 0 Å². The van der Waals surface area contributed by atoms with Crippen LogP contribution in [0.3, 0.4) is 0 Å². The highest BCUT2D eigenvalue weighted by atomic mass is 32.2. The molecule has 1 atom stereocenters. The van der Waals surface area contributed by atoms with Crippen LogP contribution in [0.4, 0.5) is 5.13 Å². The minimum Gasteiger partial charge on any atom is -0.494 e. The number of nitrogens with zero attached hydrogens (tertiary/aromatic N) is 4. The highest BCUT2D eigenvalue weighted by molar-refractivity contribution is 7.89. The maximum Gasteiger partial charge on any atom is 0.260 e. The summed E-state index contributed by atoms with van der Waals surface area (Å²) in [6.45, 7) is 5.88. The van der Waals surface area contributed by atoms with Crippen molar-refractivity contribution in [3.63, 3.8) is 0 Å². The molecule has 5 rings (SSSR count). The number of fused-ring (bicyclic) bond motifs is 1. The van der Waals surface area contributed by atoms with E-state index in [0.29, 0.717) is 36.3 Å². The quantitative estimate of drug-likeness (QED) is 0.293. The standard InChI is InChI=1S/C28H30N4O4S2/c1-3-36-23-10-13-25-26(16-23)37-28(30-25)32(19-21-7-4-14-29-17-21)27(33)22-8-11-24(12-9-22)38(34,35)31-15-5-6-20(2)18-31/h4,7-14,16-17,20H,3,5-6,15,18-19H2,1-2H3. The van der Waals surface area contributed by atoms with Crippen molar-refractivity contribution in [2.75, 3.05) is 24.6 Å². The minimum atomic E-state index is -3.61. The van der Waals surface area contributed by atoms with Crippen LogP contribution in [0.5, 0.6) is 5.75 Å². The maximum absolute atomic E-state index is 13.8. The molecule has 1 aliphatic rings. The molecule has 1 fully saturated rings. The SMILES string of the molecule is CCOc1ccc2nc(N(Cc3cccnc3)C(=O)c3ccc(S(=O)(=O)N4CCCC(C)C4)cc3)sc2c1. The fraction of sp³-hybridized carbons (Fsp3) is 0.321. The van der Waals surface area contributed by atoms with Gasteiger partial charge in [0.2, 0.25) is 10.0 Å². The third-order valence-corrected chi connectivity index (χ3v) is 9.48. The molecule has 1 saturated heterocycles. The zero-order valence-corrected chi connectivity index (χ0v) is 23.0. The molecule has 8 nitrogen and oxygen atoms in total. The van der Waals surface area contributed by atoms with Crippen LogP contribution in [0.2, 0.25) is 0 Å². The third kappa shape index (κ3) is 5.57. The number of benzene rings is 2. The van der Waals surface area contributed by atoms with Crippen LogP contribution in [0.1, 0.15) is 42.6 Å². The lowest BCUT2D eigenvalue weighted by Gasteiger charge is -2.30. The van der Waals surface area contributed by atoms with Gasteiger partial charge in [-0.05, 0) is 79.8 Å². The van der Waals surface area contributed by atoms with E-state index in [0.717, 1.165) is 34.4 Å². The van der Waals surface area contributed by atoms with Crippen LogP contribution in [0, 0.1) is 5.92 Å². The van der Waals surface area contributed by atoms with Crippen LogP contribution in [-0.2, 0) is 16.6 Å². The summed E-state index contributed by atoms with van der Waals surface area (Å²) >= 11 is 1.41. The first kappa shape index (κ1) is 26.3. The van der Waals surface area contributed by atoms with Crippen LogP contribution >= 0.6 is 11.3 Å². The fourth-order valence-corrected chi connectivity index (χ4v) is 7.19. The number of carbonyl (C=O) groups is 1. The zero-order valence-electron chi connectivity index (χ0n) is 21.4. The molecule has 0 spiro atoms. The van der Waals surface area contributed by atoms with E-state index in [4.69, 9.17) is 9.72 Å². The number of anilines is 1. The second kappa shape index (κ2) is 11.2. The second-order valence-corrected chi connectivity index (χ2v) is 12.4. The molecule has 0 N–H and O–H groups in total. The first-order valence-corrected chi connectivity index (χ1v) is 14.9. The number of hydrogen-bond acceptors (Lipinski definition) is 7. The number of amides is 1. The van der Waals surface area contributed by atoms with Gasteiger partial charge in [-0.25, -0.2) is 13.4 Å². The highest BCUT2D eigenvalue weighted by Crippen LogP contribution is 2.33. The Morgan fingerprint density at radius 2 is 2.00 bits per heavy atom. The predicted octanol–water partition coefficient (Wildman–Crippen LogP) is 5.36. The number of piperidine rings is 1. The molecule has 0 saturated carbocycles. The highest BCUT2D eigenvalue weighted by Gasteiger charge is 2.29. The topological polar surface area (TPSA) is 92.7 Å². The number of rotatable bonds is 8. The van der Waals surface area contributed by atoms with Gasteiger partial charge in [0.25, 0.3) is 5.91 Å². The number of pyridine rings is 1. The molecule has 1 amide bonds. The van der Waals surface area contributed by atoms with Crippen LogP contribution in [0.25, 0.3) is 10.2 Å². The molecule has 4 aromatic rings. The summed E-state index contributed by atoms with van der Waals surface area (Å²) in [5, 5.41) is 0.543. The predicted molar refractivity (Wildman–Crippen MR) is 149 cm³/mol. The van der Waals surface area contributed by atoms with Gasteiger partial charge in [-0.15, -0.1) is 0 Å². The Balaban J connectivity index is 1.45. The fourth-order valence-electron chi connectivity index (χ4n) is 4.60. The molecular weight excluding hydrogens is 520 g/mol. The number of thiazole rings is 1. The molecule has 1 aliphatic heterocycles. The first-order valence-electron chi connectivity index (χ1n) is 12.7. The van der Waals surface area contributed by atoms with Crippen molar-refractivity contribution in [1.82, 2.24) is 14.3 Å². The molecule has 10 heteroatoms. The van der Waals surface area contributed by atoms with Gasteiger partial charge in [0.15, 0.2) is 5.13 Å². The zero-order chi connectivity index (χ0) is 26.7. The summed E-state index contributed by atoms with van der Waals surface area (Å²) in [5.74, 6) is 0.813. The van der Waals surface area contributed by atoms with Gasteiger partial charge in [0.1, 0.15) is 5.75 Å². The number of carbonyl (C=O) groups excluding carboxylic acids is 1. The number of hydrogen-bond donors (Lipinski definition) is 0. The Kier molecular flexibility index (Phi) is 7.73. The van der Waals surface area contributed by atoms with Gasteiger partial charge < -0.3 is 4.74 Å². The van der Waals surface area contributed by atoms with Crippen molar-refractivity contribution in [3.05, 3.63) is 78.1 Å². The van der Waals surface area contributed by atoms with Crippen molar-refractivity contribution in [2.45, 2.75) is 38.1 Å². The Hall–Kier alpha value is -3.34. The van der Waals surface area contributed by atoms with Crippen molar-refractivity contribution in [3.8, 4) is 5.75 Å². The van der Waals surface area contributed by atoms with E-state index in [9.17, 15) is 13.2 Å². The molecular formula is C28H30N4O4S2. The molecule has 2 aromatic heterocycles. The Bertz CT molecular complexity index is 1520. The van der Waals surface area contributed by atoms with Crippen molar-refractivity contribution >= 4 is 42.6 Å². The van der Waals surface area contributed by atoms with Gasteiger partial charge in [0, 0.05) is 31.0 Å². The first-order chi connectivity index (χ1) is 18.3. The summed E-state index contributed by atoms with van der Waals surface area (Å²) < 4.78 is 34.5. The number of ether oxygens (including phenoxy) is 1. The summed E-state index contributed by atoms with van der Waals surface area (Å²) in [6, 6.07) is 15.6. The van der Waals surface area contributed by atoms with Crippen molar-refractivity contribution in [1.29, 1.82) is 0 Å². The van der Waals surface area contributed by atoms with E-state index in [-0.39, 0.29) is 17.3 Å². The lowest BCUT2D eigenvalue weighted by molar-refractivity contribution is 0.0985. The average molecular weight is 551 g/mol. The molecule has 3 heterocycles. The van der Waals surface area contributed by atoms with Crippen LogP contribution < -0.4 is 9.64 Å². The van der Waals surface area contributed by atoms with Crippen molar-refractivity contribution in [2.24, 2.45) is 5.92 Å². The van der Waals surface area contributed by atoms with Gasteiger partial charge >= 0.3 is 0 Å². The summed E-state index contributed by atoms with van der Waals surface area (Å²) in [5.41, 5.74) is 2.01. The summed E-state index contributed by atoms with van der Waals surface area (Å²) in [7, 11) is -3.61.